The van der Waals surface area contributed by atoms with Crippen molar-refractivity contribution in [1.29, 1.82) is 0 Å². The van der Waals surface area contributed by atoms with Crippen molar-refractivity contribution in [2.45, 2.75) is 59.8 Å². The van der Waals surface area contributed by atoms with E-state index >= 15 is 0 Å². The van der Waals surface area contributed by atoms with Gasteiger partial charge in [-0.15, -0.1) is 0 Å². The Bertz CT molecular complexity index is 215. The minimum Gasteiger partial charge on any atom is -0.330 e. The molecule has 0 aliphatic carbocycles. The lowest BCUT2D eigenvalue weighted by Crippen LogP contribution is -2.39. The molecule has 2 nitrogen and oxygen atoms in total. The molecule has 0 aromatic rings. The first-order chi connectivity index (χ1) is 7.91. The van der Waals surface area contributed by atoms with Gasteiger partial charge < -0.3 is 10.6 Å². The van der Waals surface area contributed by atoms with Gasteiger partial charge in [0.05, 0.1) is 0 Å². The molecular weight excluding hydrogens is 208 g/mol. The van der Waals surface area contributed by atoms with Gasteiger partial charge in [-0.1, -0.05) is 34.1 Å². The summed E-state index contributed by atoms with van der Waals surface area (Å²) in [6, 6.07) is 0. The summed E-state index contributed by atoms with van der Waals surface area (Å²) in [4.78, 5) is 2.64. The lowest BCUT2D eigenvalue weighted by Gasteiger charge is -2.39. The largest absolute Gasteiger partial charge is 0.330 e. The Hall–Kier alpha value is -0.0800. The van der Waals surface area contributed by atoms with Gasteiger partial charge in [0.1, 0.15) is 0 Å². The van der Waals surface area contributed by atoms with Crippen LogP contribution >= 0.6 is 0 Å². The van der Waals surface area contributed by atoms with E-state index in [0.717, 1.165) is 6.54 Å². The molecule has 1 rings (SSSR count). The van der Waals surface area contributed by atoms with Gasteiger partial charge in [-0.3, -0.25) is 0 Å². The summed E-state index contributed by atoms with van der Waals surface area (Å²) in [5, 5.41) is 0. The number of rotatable bonds is 6. The maximum absolute atomic E-state index is 5.77. The summed E-state index contributed by atoms with van der Waals surface area (Å²) in [6.45, 7) is 14.0. The van der Waals surface area contributed by atoms with Crippen LogP contribution in [0.4, 0.5) is 0 Å². The van der Waals surface area contributed by atoms with Crippen molar-refractivity contribution in [2.75, 3.05) is 26.2 Å². The second kappa shape index (κ2) is 6.19. The molecule has 0 radical (unpaired) electrons. The van der Waals surface area contributed by atoms with E-state index in [0.29, 0.717) is 10.8 Å². The molecule has 1 aliphatic heterocycles. The van der Waals surface area contributed by atoms with Crippen LogP contribution in [0, 0.1) is 10.8 Å². The second-order valence-electron chi connectivity index (χ2n) is 6.98. The van der Waals surface area contributed by atoms with Crippen LogP contribution in [-0.4, -0.2) is 31.1 Å². The Balaban J connectivity index is 2.19. The van der Waals surface area contributed by atoms with Crippen molar-refractivity contribution in [3.63, 3.8) is 0 Å². The Kier molecular flexibility index (Phi) is 5.46. The summed E-state index contributed by atoms with van der Waals surface area (Å²) >= 11 is 0. The lowest BCUT2D eigenvalue weighted by molar-refractivity contribution is 0.110. The van der Waals surface area contributed by atoms with Crippen LogP contribution < -0.4 is 5.73 Å². The molecule has 2 heteroatoms. The first-order valence-corrected chi connectivity index (χ1v) is 7.33. The maximum Gasteiger partial charge on any atom is -0.00135 e. The number of hydrogen-bond donors (Lipinski definition) is 1. The Labute approximate surface area is 108 Å². The van der Waals surface area contributed by atoms with Gasteiger partial charge in [-0.2, -0.15) is 0 Å². The molecule has 0 saturated carbocycles. The number of nitrogens with two attached hydrogens (primary N) is 1. The molecular formula is C15H32N2. The fraction of sp³-hybridized carbons (Fsp3) is 1.00. The van der Waals surface area contributed by atoms with Crippen LogP contribution in [0.3, 0.4) is 0 Å². The quantitative estimate of drug-likeness (QED) is 0.772. The predicted molar refractivity (Wildman–Crippen MR) is 76.1 cm³/mol. The van der Waals surface area contributed by atoms with E-state index in [4.69, 9.17) is 5.73 Å². The van der Waals surface area contributed by atoms with E-state index in [2.05, 4.69) is 32.6 Å². The highest BCUT2D eigenvalue weighted by Crippen LogP contribution is 2.34. The third kappa shape index (κ3) is 4.97. The van der Waals surface area contributed by atoms with E-state index in [-0.39, 0.29) is 0 Å². The van der Waals surface area contributed by atoms with Gasteiger partial charge in [0.25, 0.3) is 0 Å². The fourth-order valence-corrected chi connectivity index (χ4v) is 2.55. The van der Waals surface area contributed by atoms with Crippen LogP contribution in [0.15, 0.2) is 0 Å². The second-order valence-corrected chi connectivity index (χ2v) is 6.98. The van der Waals surface area contributed by atoms with Crippen molar-refractivity contribution in [3.8, 4) is 0 Å². The number of nitrogens with zero attached hydrogens (tertiary/aromatic N) is 1. The molecule has 0 aromatic heterocycles. The van der Waals surface area contributed by atoms with E-state index < -0.39 is 0 Å². The third-order valence-corrected chi connectivity index (χ3v) is 4.80. The van der Waals surface area contributed by atoms with E-state index in [1.165, 1.54) is 51.7 Å². The zero-order chi connectivity index (χ0) is 12.9. The molecule has 0 bridgehead atoms. The van der Waals surface area contributed by atoms with Gasteiger partial charge in [0.15, 0.2) is 0 Å². The molecule has 0 unspecified atom stereocenters. The predicted octanol–water partition coefficient (Wildman–Crippen LogP) is 3.26. The molecule has 1 aliphatic rings. The summed E-state index contributed by atoms with van der Waals surface area (Å²) < 4.78 is 0. The molecule has 0 aromatic carbocycles. The number of piperidine rings is 1. The summed E-state index contributed by atoms with van der Waals surface area (Å²) in [5.41, 5.74) is 6.71. The zero-order valence-electron chi connectivity index (χ0n) is 12.4. The molecule has 17 heavy (non-hydrogen) atoms. The average molecular weight is 240 g/mol. The van der Waals surface area contributed by atoms with Gasteiger partial charge in [-0.05, 0) is 62.7 Å². The summed E-state index contributed by atoms with van der Waals surface area (Å²) in [5.74, 6) is 0. The molecule has 0 atom stereocenters. The molecule has 102 valence electrons. The van der Waals surface area contributed by atoms with E-state index in [1.54, 1.807) is 0 Å². The first kappa shape index (κ1) is 15.0. The van der Waals surface area contributed by atoms with Crippen LogP contribution in [0.2, 0.25) is 0 Å². The third-order valence-electron chi connectivity index (χ3n) is 4.80. The number of hydrogen-bond acceptors (Lipinski definition) is 2. The van der Waals surface area contributed by atoms with E-state index in [9.17, 15) is 0 Å². The molecule has 0 amide bonds. The minimum atomic E-state index is 0.327. The van der Waals surface area contributed by atoms with Crippen molar-refractivity contribution in [3.05, 3.63) is 0 Å². The average Bonchev–Trinajstić information content (AvgIpc) is 2.32. The zero-order valence-corrected chi connectivity index (χ0v) is 12.4. The van der Waals surface area contributed by atoms with Crippen molar-refractivity contribution >= 4 is 0 Å². The maximum atomic E-state index is 5.77. The van der Waals surface area contributed by atoms with Gasteiger partial charge in [-0.25, -0.2) is 0 Å². The van der Waals surface area contributed by atoms with Gasteiger partial charge in [0, 0.05) is 0 Å². The van der Waals surface area contributed by atoms with Crippen LogP contribution in [0.1, 0.15) is 59.8 Å². The van der Waals surface area contributed by atoms with Crippen LogP contribution in [0.25, 0.3) is 0 Å². The molecule has 2 N–H and O–H groups in total. The van der Waals surface area contributed by atoms with Gasteiger partial charge in [0.2, 0.25) is 0 Å². The highest BCUT2D eigenvalue weighted by Gasteiger charge is 2.28. The standard InChI is InChI=1S/C15H32N2/c1-5-15(4)8-11-17(12-9-15)10-6-7-14(2,3)13-16/h5-13,16H2,1-4H3. The Morgan fingerprint density at radius 1 is 1.24 bits per heavy atom. The number of likely N-dealkylation sites (tertiary alicyclic amines) is 1. The molecule has 1 heterocycles. The lowest BCUT2D eigenvalue weighted by atomic mass is 9.78. The fourth-order valence-electron chi connectivity index (χ4n) is 2.55. The normalized spacial score (nSPS) is 21.7. The molecule has 1 fully saturated rings. The summed E-state index contributed by atoms with van der Waals surface area (Å²) in [6.07, 6.45) is 6.65. The van der Waals surface area contributed by atoms with E-state index in [1.807, 2.05) is 0 Å². The topological polar surface area (TPSA) is 29.3 Å². The minimum absolute atomic E-state index is 0.327. The van der Waals surface area contributed by atoms with Crippen molar-refractivity contribution < 1.29 is 0 Å². The van der Waals surface area contributed by atoms with Crippen molar-refractivity contribution in [2.24, 2.45) is 16.6 Å². The van der Waals surface area contributed by atoms with Crippen LogP contribution in [0.5, 0.6) is 0 Å². The highest BCUT2D eigenvalue weighted by molar-refractivity contribution is 4.81. The Morgan fingerprint density at radius 3 is 2.29 bits per heavy atom. The first-order valence-electron chi connectivity index (χ1n) is 7.33. The van der Waals surface area contributed by atoms with Gasteiger partial charge >= 0.3 is 0 Å². The smallest absolute Gasteiger partial charge is 0.00135 e. The Morgan fingerprint density at radius 2 is 1.82 bits per heavy atom. The van der Waals surface area contributed by atoms with Crippen molar-refractivity contribution in [1.82, 2.24) is 4.90 Å². The monoisotopic (exact) mass is 240 g/mol. The SMILES string of the molecule is CCC1(C)CCN(CCCC(C)(C)CN)CC1. The summed E-state index contributed by atoms with van der Waals surface area (Å²) in [7, 11) is 0. The van der Waals surface area contributed by atoms with Crippen LogP contribution in [-0.2, 0) is 0 Å². The highest BCUT2D eigenvalue weighted by atomic mass is 15.1. The molecule has 0 spiro atoms. The molecule has 1 saturated heterocycles.